The van der Waals surface area contributed by atoms with Crippen LogP contribution < -0.4 is 9.47 Å². The number of aliphatic carboxylic acids is 1. The number of aryl methyl sites for hydroxylation is 3. The fraction of sp³-hybridized carbons (Fsp3) is 0.292. The Bertz CT molecular complexity index is 1050. The van der Waals surface area contributed by atoms with Crippen molar-refractivity contribution in [3.05, 3.63) is 76.7 Å². The second-order valence-corrected chi connectivity index (χ2v) is 7.18. The van der Waals surface area contributed by atoms with Gasteiger partial charge in [0.05, 0.1) is 11.3 Å². The molecule has 0 aliphatic heterocycles. The summed E-state index contributed by atoms with van der Waals surface area (Å²) < 4.78 is 17.0. The number of aromatic nitrogens is 1. The monoisotopic (exact) mass is 438 g/mol. The van der Waals surface area contributed by atoms with E-state index in [1.54, 1.807) is 0 Å². The molecule has 0 atom stereocenters. The molecule has 3 aromatic rings. The van der Waals surface area contributed by atoms with Crippen molar-refractivity contribution in [1.29, 1.82) is 0 Å². The molecule has 0 saturated heterocycles. The molecule has 0 amide bonds. The Morgan fingerprint density at radius 2 is 1.84 bits per heavy atom. The molecule has 0 bridgehead atoms. The zero-order valence-electron chi connectivity index (χ0n) is 18.3. The van der Waals surface area contributed by atoms with E-state index in [2.05, 4.69) is 10.3 Å². The molecule has 1 aromatic heterocycles. The van der Waals surface area contributed by atoms with Gasteiger partial charge in [0.25, 0.3) is 0 Å². The Morgan fingerprint density at radius 3 is 2.50 bits per heavy atom. The van der Waals surface area contributed by atoms with Crippen LogP contribution in [0.2, 0.25) is 0 Å². The van der Waals surface area contributed by atoms with Crippen LogP contribution in [0.4, 0.5) is 0 Å². The lowest BCUT2D eigenvalue weighted by Gasteiger charge is -2.11. The fourth-order valence-corrected chi connectivity index (χ4v) is 3.20. The maximum atomic E-state index is 10.7. The third-order valence-corrected chi connectivity index (χ3v) is 4.75. The number of rotatable bonds is 11. The maximum Gasteiger partial charge on any atom is 0.303 e. The van der Waals surface area contributed by atoms with E-state index in [0.717, 1.165) is 22.4 Å². The number of benzene rings is 2. The highest BCUT2D eigenvalue weighted by Crippen LogP contribution is 2.19. The molecule has 1 N–H and O–H groups in total. The van der Waals surface area contributed by atoms with Crippen LogP contribution in [0.1, 0.15) is 34.6 Å². The predicted octanol–water partition coefficient (Wildman–Crippen LogP) is 4.32. The number of nitrogens with zero attached hydrogens (tertiary/aromatic N) is 2. The van der Waals surface area contributed by atoms with E-state index < -0.39 is 5.97 Å². The summed E-state index contributed by atoms with van der Waals surface area (Å²) in [6, 6.07) is 15.0. The number of ether oxygens (including phenoxy) is 2. The highest BCUT2D eigenvalue weighted by molar-refractivity contribution is 6.03. The number of carbonyl (C=O) groups is 1. The van der Waals surface area contributed by atoms with E-state index in [1.165, 1.54) is 7.11 Å². The average molecular weight is 438 g/mol. The molecule has 1 heterocycles. The summed E-state index contributed by atoms with van der Waals surface area (Å²) in [5.41, 5.74) is 3.99. The van der Waals surface area contributed by atoms with Crippen molar-refractivity contribution in [2.75, 3.05) is 13.7 Å². The van der Waals surface area contributed by atoms with E-state index in [-0.39, 0.29) is 13.0 Å². The number of hydrogen-bond acceptors (Lipinski definition) is 7. The lowest BCUT2D eigenvalue weighted by Crippen LogP contribution is -2.15. The highest BCUT2D eigenvalue weighted by Gasteiger charge is 2.17. The maximum absolute atomic E-state index is 10.7. The summed E-state index contributed by atoms with van der Waals surface area (Å²) >= 11 is 0. The van der Waals surface area contributed by atoms with E-state index in [9.17, 15) is 4.79 Å². The minimum Gasteiger partial charge on any atom is -0.489 e. The summed E-state index contributed by atoms with van der Waals surface area (Å²) in [5.74, 6) is 1.23. The number of carboxylic acids is 1. The molecule has 2 aromatic carbocycles. The molecule has 0 unspecified atom stereocenters. The van der Waals surface area contributed by atoms with Crippen molar-refractivity contribution < 1.29 is 28.7 Å². The Kier molecular flexibility index (Phi) is 7.85. The van der Waals surface area contributed by atoms with Crippen LogP contribution in [0.25, 0.3) is 0 Å². The molecule has 0 aliphatic rings. The van der Waals surface area contributed by atoms with Gasteiger partial charge in [0.15, 0.2) is 0 Å². The third-order valence-electron chi connectivity index (χ3n) is 4.75. The molecule has 0 aliphatic carbocycles. The first-order valence-corrected chi connectivity index (χ1v) is 10.1. The van der Waals surface area contributed by atoms with Gasteiger partial charge in [0.1, 0.15) is 43.3 Å². The Labute approximate surface area is 186 Å². The van der Waals surface area contributed by atoms with Crippen LogP contribution in [-0.2, 0) is 22.7 Å². The largest absolute Gasteiger partial charge is 0.489 e. The van der Waals surface area contributed by atoms with Gasteiger partial charge >= 0.3 is 5.97 Å². The van der Waals surface area contributed by atoms with Crippen LogP contribution in [0.15, 0.2) is 58.2 Å². The molecule has 0 saturated carbocycles. The Hall–Kier alpha value is -3.81. The highest BCUT2D eigenvalue weighted by atomic mass is 16.6. The minimum atomic E-state index is -0.806. The Balaban J connectivity index is 1.58. The second-order valence-electron chi connectivity index (χ2n) is 7.18. The first kappa shape index (κ1) is 22.9. The summed E-state index contributed by atoms with van der Waals surface area (Å²) in [4.78, 5) is 15.6. The van der Waals surface area contributed by atoms with E-state index in [4.69, 9.17) is 23.9 Å². The van der Waals surface area contributed by atoms with Gasteiger partial charge in [-0.2, -0.15) is 0 Å². The number of hydrogen-bond donors (Lipinski definition) is 1. The van der Waals surface area contributed by atoms with Gasteiger partial charge in [-0.05, 0) is 55.7 Å². The van der Waals surface area contributed by atoms with Crippen molar-refractivity contribution in [2.24, 2.45) is 5.16 Å². The van der Waals surface area contributed by atoms with Gasteiger partial charge in [0, 0.05) is 6.42 Å². The van der Waals surface area contributed by atoms with Crippen LogP contribution in [0, 0.1) is 13.8 Å². The first-order chi connectivity index (χ1) is 15.5. The van der Waals surface area contributed by atoms with Gasteiger partial charge in [-0.25, -0.2) is 0 Å². The van der Waals surface area contributed by atoms with E-state index >= 15 is 0 Å². The Morgan fingerprint density at radius 1 is 1.06 bits per heavy atom. The van der Waals surface area contributed by atoms with Gasteiger partial charge in [-0.1, -0.05) is 34.6 Å². The molecule has 0 radical (unpaired) electrons. The molecular formula is C24H26N2O6. The van der Waals surface area contributed by atoms with Crippen molar-refractivity contribution in [2.45, 2.75) is 33.3 Å². The van der Waals surface area contributed by atoms with Crippen molar-refractivity contribution in [3.63, 3.8) is 0 Å². The van der Waals surface area contributed by atoms with Crippen molar-refractivity contribution >= 4 is 11.7 Å². The smallest absolute Gasteiger partial charge is 0.303 e. The topological polar surface area (TPSA) is 103 Å². The van der Waals surface area contributed by atoms with Gasteiger partial charge < -0.3 is 23.9 Å². The molecule has 32 heavy (non-hydrogen) atoms. The summed E-state index contributed by atoms with van der Waals surface area (Å²) in [6.45, 7) is 4.22. The summed E-state index contributed by atoms with van der Waals surface area (Å²) in [5, 5.41) is 16.8. The third kappa shape index (κ3) is 6.34. The lowest BCUT2D eigenvalue weighted by atomic mass is 10.1. The van der Waals surface area contributed by atoms with Gasteiger partial charge in [-0.15, -0.1) is 0 Å². The van der Waals surface area contributed by atoms with Crippen LogP contribution in [0.5, 0.6) is 11.5 Å². The molecule has 0 spiro atoms. The molecule has 8 heteroatoms. The predicted molar refractivity (Wildman–Crippen MR) is 118 cm³/mol. The normalized spacial score (nSPS) is 11.3. The summed E-state index contributed by atoms with van der Waals surface area (Å²) in [7, 11) is 1.48. The first-order valence-electron chi connectivity index (χ1n) is 10.1. The standard InChI is InChI=1S/C24H26N2O6/c1-16-24(17(2)32-25-16)22(26-29-3)15-31-21-6-4-5-19(13-21)14-30-20-10-7-18(8-11-20)9-12-23(27)28/h4-8,10-11,13H,9,12,14-15H2,1-3H3,(H,27,28). The fourth-order valence-electron chi connectivity index (χ4n) is 3.20. The van der Waals surface area contributed by atoms with E-state index in [1.807, 2.05) is 62.4 Å². The molecule has 3 rings (SSSR count). The number of oxime groups is 1. The van der Waals surface area contributed by atoms with Crippen molar-refractivity contribution in [3.8, 4) is 11.5 Å². The minimum absolute atomic E-state index is 0.111. The lowest BCUT2D eigenvalue weighted by molar-refractivity contribution is -0.136. The molecular weight excluding hydrogens is 412 g/mol. The number of carboxylic acid groups (broad SMARTS) is 1. The zero-order chi connectivity index (χ0) is 22.9. The average Bonchev–Trinajstić information content (AvgIpc) is 3.12. The van der Waals surface area contributed by atoms with Crippen LogP contribution in [-0.4, -0.2) is 35.7 Å². The van der Waals surface area contributed by atoms with Crippen LogP contribution in [0.3, 0.4) is 0 Å². The molecule has 168 valence electrons. The zero-order valence-corrected chi connectivity index (χ0v) is 18.3. The van der Waals surface area contributed by atoms with E-state index in [0.29, 0.717) is 36.0 Å². The summed E-state index contributed by atoms with van der Waals surface area (Å²) in [6.07, 6.45) is 0.608. The van der Waals surface area contributed by atoms with Crippen LogP contribution >= 0.6 is 0 Å². The SMILES string of the molecule is CON=C(COc1cccc(COc2ccc(CCC(=O)O)cc2)c1)c1c(C)noc1C. The quantitative estimate of drug-likeness (QED) is 0.351. The van der Waals surface area contributed by atoms with Gasteiger partial charge in [-0.3, -0.25) is 4.79 Å². The van der Waals surface area contributed by atoms with Crippen molar-refractivity contribution in [1.82, 2.24) is 5.16 Å². The molecule has 8 nitrogen and oxygen atoms in total. The molecule has 0 fully saturated rings. The van der Waals surface area contributed by atoms with Gasteiger partial charge in [0.2, 0.25) is 0 Å². The second kappa shape index (κ2) is 11.0.